The van der Waals surface area contributed by atoms with Crippen LogP contribution in [0.15, 0.2) is 18.2 Å². The molecule has 2 rings (SSSR count). The quantitative estimate of drug-likeness (QED) is 0.802. The molecule has 0 aliphatic carbocycles. The molecule has 0 aromatic heterocycles. The minimum atomic E-state index is -0.464. The summed E-state index contributed by atoms with van der Waals surface area (Å²) in [5.74, 6) is -0.569. The number of anilines is 1. The fourth-order valence-corrected chi connectivity index (χ4v) is 1.96. The molecule has 0 bridgehead atoms. The zero-order valence-electron chi connectivity index (χ0n) is 9.40. The molecule has 1 aliphatic rings. The van der Waals surface area contributed by atoms with Crippen LogP contribution >= 0.6 is 0 Å². The van der Waals surface area contributed by atoms with Crippen molar-refractivity contribution in [3.8, 4) is 0 Å². The van der Waals surface area contributed by atoms with Gasteiger partial charge in [0.1, 0.15) is 12.4 Å². The summed E-state index contributed by atoms with van der Waals surface area (Å²) < 4.78 is 13.5. The van der Waals surface area contributed by atoms with Gasteiger partial charge >= 0.3 is 0 Å². The number of benzene rings is 1. The van der Waals surface area contributed by atoms with Crippen LogP contribution in [-0.4, -0.2) is 48.7 Å². The fourth-order valence-electron chi connectivity index (χ4n) is 1.96. The van der Waals surface area contributed by atoms with E-state index >= 15 is 0 Å². The van der Waals surface area contributed by atoms with E-state index in [0.717, 1.165) is 0 Å². The Bertz CT molecular complexity index is 403. The van der Waals surface area contributed by atoms with Crippen molar-refractivity contribution in [2.75, 3.05) is 37.7 Å². The molecule has 1 aliphatic heterocycles. The second kappa shape index (κ2) is 5.14. The second-order valence-electron chi connectivity index (χ2n) is 3.90. The molecule has 91 valence electrons. The van der Waals surface area contributed by atoms with Gasteiger partial charge in [-0.1, -0.05) is 6.07 Å². The van der Waals surface area contributed by atoms with Gasteiger partial charge in [-0.2, -0.15) is 0 Å². The summed E-state index contributed by atoms with van der Waals surface area (Å²) in [5.41, 5.74) is 0.542. The summed E-state index contributed by atoms with van der Waals surface area (Å²) in [6, 6.07) is 7.33. The monoisotopic (exact) mass is 237 g/mol. The number of carbonyl (C=O) groups is 1. The van der Waals surface area contributed by atoms with E-state index in [4.69, 9.17) is 5.11 Å². The van der Waals surface area contributed by atoms with Crippen molar-refractivity contribution in [3.05, 3.63) is 30.1 Å². The Morgan fingerprint density at radius 3 is 2.71 bits per heavy atom. The van der Waals surface area contributed by atoms with Crippen molar-refractivity contribution in [2.45, 2.75) is 0 Å². The maximum Gasteiger partial charge on any atom is 0.248 e. The topological polar surface area (TPSA) is 43.8 Å². The van der Waals surface area contributed by atoms with Crippen LogP contribution in [0.25, 0.3) is 0 Å². The molecule has 0 spiro atoms. The van der Waals surface area contributed by atoms with Gasteiger partial charge in [0.05, 0.1) is 5.69 Å². The Morgan fingerprint density at radius 2 is 2.12 bits per heavy atom. The molecule has 17 heavy (non-hydrogen) atoms. The molecular weight excluding hydrogens is 223 g/mol. The lowest BCUT2D eigenvalue weighted by atomic mass is 10.2. The summed E-state index contributed by atoms with van der Waals surface area (Å²) in [4.78, 5) is 14.7. The number of aliphatic hydroxyl groups excluding tert-OH is 1. The summed E-state index contributed by atoms with van der Waals surface area (Å²) in [7, 11) is 0. The van der Waals surface area contributed by atoms with E-state index in [1.54, 1.807) is 17.0 Å². The number of carbonyl (C=O) groups excluding carboxylic acids is 1. The Balaban J connectivity index is 2.00. The molecule has 0 unspecified atom stereocenters. The number of piperazine rings is 1. The van der Waals surface area contributed by atoms with Crippen LogP contribution in [0.5, 0.6) is 0 Å². The van der Waals surface area contributed by atoms with Gasteiger partial charge in [0.25, 0.3) is 0 Å². The first kappa shape index (κ1) is 11.9. The summed E-state index contributed by atoms with van der Waals surface area (Å²) >= 11 is 0. The molecule has 5 heteroatoms. The number of rotatable bonds is 2. The van der Waals surface area contributed by atoms with Crippen molar-refractivity contribution < 1.29 is 14.3 Å². The first-order valence-corrected chi connectivity index (χ1v) is 5.51. The third-order valence-corrected chi connectivity index (χ3v) is 2.90. The molecule has 1 N–H and O–H groups in total. The van der Waals surface area contributed by atoms with Gasteiger partial charge in [-0.25, -0.2) is 4.39 Å². The third kappa shape index (κ3) is 2.55. The molecule has 4 nitrogen and oxygen atoms in total. The second-order valence-corrected chi connectivity index (χ2v) is 3.90. The van der Waals surface area contributed by atoms with Crippen LogP contribution in [0, 0.1) is 11.9 Å². The molecule has 1 amide bonds. The van der Waals surface area contributed by atoms with Gasteiger partial charge in [0, 0.05) is 26.2 Å². The first-order chi connectivity index (χ1) is 8.22. The van der Waals surface area contributed by atoms with E-state index in [0.29, 0.717) is 31.9 Å². The summed E-state index contributed by atoms with van der Waals surface area (Å²) in [6.07, 6.45) is 0. The smallest absolute Gasteiger partial charge is 0.248 e. The zero-order valence-corrected chi connectivity index (χ0v) is 9.40. The fraction of sp³-hybridized carbons (Fsp3) is 0.417. The van der Waals surface area contributed by atoms with Gasteiger partial charge < -0.3 is 14.9 Å². The van der Waals surface area contributed by atoms with E-state index in [9.17, 15) is 9.18 Å². The van der Waals surface area contributed by atoms with Crippen LogP contribution in [-0.2, 0) is 4.79 Å². The maximum absolute atomic E-state index is 13.5. The van der Waals surface area contributed by atoms with Gasteiger partial charge in [-0.3, -0.25) is 4.79 Å². The molecule has 0 atom stereocenters. The Labute approximate surface area is 99.3 Å². The van der Waals surface area contributed by atoms with Crippen LogP contribution in [0.3, 0.4) is 0 Å². The standard InChI is InChI=1S/C12H14FN2O2/c13-10-3-1-2-4-11(10)14-5-7-15(8-6-14)12(17)9-16/h2-4,16H,5-9H2. The van der Waals surface area contributed by atoms with E-state index in [-0.39, 0.29) is 11.7 Å². The average Bonchev–Trinajstić information content (AvgIpc) is 2.39. The molecule has 1 saturated heterocycles. The summed E-state index contributed by atoms with van der Waals surface area (Å²) in [6.45, 7) is 1.71. The number of halogens is 1. The predicted molar refractivity (Wildman–Crippen MR) is 61.1 cm³/mol. The molecule has 1 heterocycles. The minimum absolute atomic E-state index is 0.272. The number of amides is 1. The highest BCUT2D eigenvalue weighted by Gasteiger charge is 2.21. The lowest BCUT2D eigenvalue weighted by molar-refractivity contribution is -0.134. The normalized spacial score (nSPS) is 16.1. The largest absolute Gasteiger partial charge is 0.387 e. The van der Waals surface area contributed by atoms with E-state index < -0.39 is 6.61 Å². The highest BCUT2D eigenvalue weighted by atomic mass is 19.1. The van der Waals surface area contributed by atoms with E-state index in [2.05, 4.69) is 6.07 Å². The lowest BCUT2D eigenvalue weighted by Crippen LogP contribution is -2.49. The molecule has 1 aromatic rings. The minimum Gasteiger partial charge on any atom is -0.387 e. The highest BCUT2D eigenvalue weighted by molar-refractivity contribution is 5.77. The maximum atomic E-state index is 13.5. The van der Waals surface area contributed by atoms with Crippen LogP contribution in [0.2, 0.25) is 0 Å². The van der Waals surface area contributed by atoms with E-state index in [1.807, 2.05) is 4.90 Å². The number of hydrogen-bond acceptors (Lipinski definition) is 3. The van der Waals surface area contributed by atoms with Crippen molar-refractivity contribution in [1.29, 1.82) is 0 Å². The molecule has 1 fully saturated rings. The van der Waals surface area contributed by atoms with Crippen molar-refractivity contribution in [2.24, 2.45) is 0 Å². The van der Waals surface area contributed by atoms with Crippen molar-refractivity contribution in [1.82, 2.24) is 4.90 Å². The Morgan fingerprint density at radius 1 is 1.41 bits per heavy atom. The van der Waals surface area contributed by atoms with Crippen molar-refractivity contribution >= 4 is 11.6 Å². The Hall–Kier alpha value is -1.62. The molecule has 0 saturated carbocycles. The lowest BCUT2D eigenvalue weighted by Gasteiger charge is -2.35. The number of nitrogens with zero attached hydrogens (tertiary/aromatic N) is 2. The predicted octanol–water partition coefficient (Wildman–Crippen LogP) is 0.267. The van der Waals surface area contributed by atoms with Crippen LogP contribution in [0.4, 0.5) is 10.1 Å². The molecule has 1 aromatic carbocycles. The van der Waals surface area contributed by atoms with Gasteiger partial charge in [-0.05, 0) is 18.2 Å². The van der Waals surface area contributed by atoms with E-state index in [1.165, 1.54) is 6.07 Å². The zero-order chi connectivity index (χ0) is 12.3. The van der Waals surface area contributed by atoms with Gasteiger partial charge in [0.15, 0.2) is 0 Å². The average molecular weight is 237 g/mol. The van der Waals surface area contributed by atoms with Crippen LogP contribution < -0.4 is 4.90 Å². The number of hydrogen-bond donors (Lipinski definition) is 1. The molecular formula is C12H14FN2O2. The first-order valence-electron chi connectivity index (χ1n) is 5.51. The van der Waals surface area contributed by atoms with Crippen LogP contribution in [0.1, 0.15) is 0 Å². The van der Waals surface area contributed by atoms with Gasteiger partial charge in [0.2, 0.25) is 5.91 Å². The Kier molecular flexibility index (Phi) is 3.58. The summed E-state index contributed by atoms with van der Waals surface area (Å²) in [5, 5.41) is 8.75. The van der Waals surface area contributed by atoms with Crippen molar-refractivity contribution in [3.63, 3.8) is 0 Å². The SMILES string of the molecule is O=C(CO)N1CCN(c2cc[c]cc2F)CC1. The van der Waals surface area contributed by atoms with Gasteiger partial charge in [-0.15, -0.1) is 0 Å². The molecule has 1 radical (unpaired) electrons. The highest BCUT2D eigenvalue weighted by Crippen LogP contribution is 2.19. The number of aliphatic hydroxyl groups is 1. The third-order valence-electron chi connectivity index (χ3n) is 2.90.